The van der Waals surface area contributed by atoms with E-state index in [1.807, 2.05) is 0 Å². The van der Waals surface area contributed by atoms with E-state index >= 15 is 0 Å². The highest BCUT2D eigenvalue weighted by Crippen LogP contribution is 2.32. The monoisotopic (exact) mass is 471 g/mol. The number of carbonyl (C=O) groups is 1. The smallest absolute Gasteiger partial charge is 0.433 e. The van der Waals surface area contributed by atoms with Gasteiger partial charge in [0.05, 0.1) is 24.2 Å². The van der Waals surface area contributed by atoms with Crippen molar-refractivity contribution in [3.05, 3.63) is 65.1 Å². The molecule has 0 unspecified atom stereocenters. The summed E-state index contributed by atoms with van der Waals surface area (Å²) in [5, 5.41) is 2.70. The van der Waals surface area contributed by atoms with Crippen molar-refractivity contribution in [3.8, 4) is 17.0 Å². The molecule has 0 fully saturated rings. The van der Waals surface area contributed by atoms with Gasteiger partial charge >= 0.3 is 6.18 Å². The van der Waals surface area contributed by atoms with Gasteiger partial charge in [-0.25, -0.2) is 14.4 Å². The second-order valence-electron chi connectivity index (χ2n) is 6.11. The number of anilines is 1. The number of carbonyl (C=O) groups excluding carboxylic acids is 1. The number of amides is 1. The topological polar surface area (TPSA) is 64.1 Å². The van der Waals surface area contributed by atoms with Gasteiger partial charge in [0.15, 0.2) is 5.16 Å². The van der Waals surface area contributed by atoms with Crippen LogP contribution in [0.15, 0.2) is 53.7 Å². The Morgan fingerprint density at radius 1 is 1.13 bits per heavy atom. The minimum absolute atomic E-state index is 0.0401. The van der Waals surface area contributed by atoms with Gasteiger partial charge in [-0.05, 0) is 48.5 Å². The zero-order valence-corrected chi connectivity index (χ0v) is 17.4. The van der Waals surface area contributed by atoms with Crippen molar-refractivity contribution < 1.29 is 27.1 Å². The summed E-state index contributed by atoms with van der Waals surface area (Å²) in [4.78, 5) is 19.9. The molecule has 31 heavy (non-hydrogen) atoms. The Morgan fingerprint density at radius 3 is 2.48 bits per heavy atom. The molecule has 1 amide bonds. The standard InChI is InChI=1S/C20H14ClF4N3O2S/c1-30-16-7-4-12(21)8-15(16)26-18(29)10-31-19-27-14(9-17(28-19)20(23,24)25)11-2-5-13(22)6-3-11/h2-9H,10H2,1H3,(H,26,29). The number of hydrogen-bond donors (Lipinski definition) is 1. The number of aromatic nitrogens is 2. The van der Waals surface area contributed by atoms with Crippen LogP contribution in [-0.2, 0) is 11.0 Å². The summed E-state index contributed by atoms with van der Waals surface area (Å²) >= 11 is 6.64. The van der Waals surface area contributed by atoms with Gasteiger partial charge in [-0.15, -0.1) is 0 Å². The summed E-state index contributed by atoms with van der Waals surface area (Å²) in [5.74, 6) is -0.942. The number of nitrogens with one attached hydrogen (secondary N) is 1. The van der Waals surface area contributed by atoms with E-state index in [2.05, 4.69) is 15.3 Å². The average molecular weight is 472 g/mol. The van der Waals surface area contributed by atoms with Gasteiger partial charge in [0.25, 0.3) is 0 Å². The third kappa shape index (κ3) is 6.08. The van der Waals surface area contributed by atoms with Gasteiger partial charge in [0.2, 0.25) is 5.91 Å². The summed E-state index contributed by atoms with van der Waals surface area (Å²) in [6.45, 7) is 0. The first-order chi connectivity index (χ1) is 14.7. The number of hydrogen-bond acceptors (Lipinski definition) is 5. The number of benzene rings is 2. The fourth-order valence-corrected chi connectivity index (χ4v) is 3.33. The van der Waals surface area contributed by atoms with E-state index in [4.69, 9.17) is 16.3 Å². The molecule has 0 aliphatic carbocycles. The van der Waals surface area contributed by atoms with E-state index in [1.165, 1.54) is 25.3 Å². The van der Waals surface area contributed by atoms with Crippen LogP contribution in [0.25, 0.3) is 11.3 Å². The quantitative estimate of drug-likeness (QED) is 0.284. The molecule has 1 aromatic heterocycles. The first-order valence-corrected chi connectivity index (χ1v) is 10.0. The first-order valence-electron chi connectivity index (χ1n) is 8.64. The highest BCUT2D eigenvalue weighted by Gasteiger charge is 2.34. The maximum Gasteiger partial charge on any atom is 0.433 e. The van der Waals surface area contributed by atoms with Crippen LogP contribution in [0, 0.1) is 5.82 Å². The molecule has 1 N–H and O–H groups in total. The van der Waals surface area contributed by atoms with Crippen molar-refractivity contribution in [2.45, 2.75) is 11.3 Å². The normalized spacial score (nSPS) is 11.3. The van der Waals surface area contributed by atoms with Crippen molar-refractivity contribution in [1.29, 1.82) is 0 Å². The number of halogens is 5. The van der Waals surface area contributed by atoms with Crippen LogP contribution in [0.4, 0.5) is 23.2 Å². The van der Waals surface area contributed by atoms with Crippen molar-refractivity contribution in [1.82, 2.24) is 9.97 Å². The SMILES string of the molecule is COc1ccc(Cl)cc1NC(=O)CSc1nc(-c2ccc(F)cc2)cc(C(F)(F)F)n1. The molecular weight excluding hydrogens is 458 g/mol. The number of thioether (sulfide) groups is 1. The lowest BCUT2D eigenvalue weighted by atomic mass is 10.1. The fraction of sp³-hybridized carbons (Fsp3) is 0.150. The van der Waals surface area contributed by atoms with E-state index < -0.39 is 23.6 Å². The Balaban J connectivity index is 1.80. The van der Waals surface area contributed by atoms with Crippen LogP contribution >= 0.6 is 23.4 Å². The van der Waals surface area contributed by atoms with Gasteiger partial charge in [-0.2, -0.15) is 13.2 Å². The highest BCUT2D eigenvalue weighted by atomic mass is 35.5. The Morgan fingerprint density at radius 2 is 1.84 bits per heavy atom. The number of alkyl halides is 3. The minimum atomic E-state index is -4.72. The van der Waals surface area contributed by atoms with Gasteiger partial charge in [-0.1, -0.05) is 23.4 Å². The predicted molar refractivity (Wildman–Crippen MR) is 110 cm³/mol. The molecule has 0 aliphatic heterocycles. The highest BCUT2D eigenvalue weighted by molar-refractivity contribution is 7.99. The summed E-state index contributed by atoms with van der Waals surface area (Å²) < 4.78 is 58.1. The molecule has 2 aromatic carbocycles. The maximum absolute atomic E-state index is 13.3. The zero-order valence-electron chi connectivity index (χ0n) is 15.8. The predicted octanol–water partition coefficient (Wildman–Crippen LogP) is 5.69. The summed E-state index contributed by atoms with van der Waals surface area (Å²) in [6.07, 6.45) is -4.72. The third-order valence-corrected chi connectivity index (χ3v) is 4.99. The van der Waals surface area contributed by atoms with Gasteiger partial charge in [0.1, 0.15) is 17.3 Å². The Kier molecular flexibility index (Phi) is 7.01. The lowest BCUT2D eigenvalue weighted by Crippen LogP contribution is -2.15. The second kappa shape index (κ2) is 9.52. The molecule has 162 valence electrons. The number of methoxy groups -OCH3 is 1. The minimum Gasteiger partial charge on any atom is -0.495 e. The van der Waals surface area contributed by atoms with Gasteiger partial charge in [0, 0.05) is 10.6 Å². The summed E-state index contributed by atoms with van der Waals surface area (Å²) in [7, 11) is 1.42. The fourth-order valence-electron chi connectivity index (χ4n) is 2.50. The Labute approximate surface area is 183 Å². The Hall–Kier alpha value is -2.85. The van der Waals surface area contributed by atoms with Crippen LogP contribution in [0.2, 0.25) is 5.02 Å². The zero-order chi connectivity index (χ0) is 22.6. The van der Waals surface area contributed by atoms with E-state index in [0.29, 0.717) is 16.5 Å². The van der Waals surface area contributed by atoms with E-state index in [1.54, 1.807) is 12.1 Å². The first kappa shape index (κ1) is 22.8. The maximum atomic E-state index is 13.3. The Bertz CT molecular complexity index is 1090. The molecule has 0 bridgehead atoms. The summed E-state index contributed by atoms with van der Waals surface area (Å²) in [5.41, 5.74) is -0.607. The van der Waals surface area contributed by atoms with E-state index in [-0.39, 0.29) is 22.2 Å². The van der Waals surface area contributed by atoms with Crippen molar-refractivity contribution >= 4 is 35.0 Å². The summed E-state index contributed by atoms with van der Waals surface area (Å²) in [6, 6.07) is 10.3. The van der Waals surface area contributed by atoms with E-state index in [0.717, 1.165) is 30.0 Å². The lowest BCUT2D eigenvalue weighted by Gasteiger charge is -2.12. The molecule has 0 saturated carbocycles. The number of rotatable bonds is 6. The second-order valence-corrected chi connectivity index (χ2v) is 7.49. The van der Waals surface area contributed by atoms with Crippen molar-refractivity contribution in [3.63, 3.8) is 0 Å². The van der Waals surface area contributed by atoms with Crippen LogP contribution in [0.5, 0.6) is 5.75 Å². The molecule has 0 saturated heterocycles. The van der Waals surface area contributed by atoms with Crippen LogP contribution in [0.1, 0.15) is 5.69 Å². The lowest BCUT2D eigenvalue weighted by molar-refractivity contribution is -0.141. The van der Waals surface area contributed by atoms with Crippen LogP contribution in [-0.4, -0.2) is 28.7 Å². The number of nitrogens with zero attached hydrogens (tertiary/aromatic N) is 2. The van der Waals surface area contributed by atoms with Crippen molar-refractivity contribution in [2.75, 3.05) is 18.2 Å². The van der Waals surface area contributed by atoms with E-state index in [9.17, 15) is 22.4 Å². The molecule has 0 atom stereocenters. The van der Waals surface area contributed by atoms with Gasteiger partial charge < -0.3 is 10.1 Å². The molecule has 0 aliphatic rings. The molecule has 3 aromatic rings. The molecule has 5 nitrogen and oxygen atoms in total. The average Bonchev–Trinajstić information content (AvgIpc) is 2.72. The van der Waals surface area contributed by atoms with Crippen LogP contribution in [0.3, 0.4) is 0 Å². The van der Waals surface area contributed by atoms with Crippen LogP contribution < -0.4 is 10.1 Å². The molecule has 11 heteroatoms. The van der Waals surface area contributed by atoms with Gasteiger partial charge in [-0.3, -0.25) is 4.79 Å². The molecule has 3 rings (SSSR count). The molecule has 1 heterocycles. The molecule has 0 spiro atoms. The molecular formula is C20H14ClF4N3O2S. The molecule has 0 radical (unpaired) electrons. The third-order valence-electron chi connectivity index (χ3n) is 3.90. The van der Waals surface area contributed by atoms with Crippen molar-refractivity contribution in [2.24, 2.45) is 0 Å². The number of ether oxygens (including phenoxy) is 1. The largest absolute Gasteiger partial charge is 0.495 e.